The smallest absolute Gasteiger partial charge is 0.238 e. The maximum atomic E-state index is 5.67. The lowest BCUT2D eigenvalue weighted by Crippen LogP contribution is -2.12. The van der Waals surface area contributed by atoms with Crippen LogP contribution in [0.5, 0.6) is 5.88 Å². The summed E-state index contributed by atoms with van der Waals surface area (Å²) in [4.78, 5) is 4.21. The van der Waals surface area contributed by atoms with Crippen LogP contribution in [0.4, 0.5) is 11.5 Å². The van der Waals surface area contributed by atoms with Crippen LogP contribution in [-0.2, 0) is 6.54 Å². The molecule has 0 saturated heterocycles. The van der Waals surface area contributed by atoms with Gasteiger partial charge in [0.2, 0.25) is 5.88 Å². The monoisotopic (exact) mass is 234 g/mol. The highest BCUT2D eigenvalue weighted by atomic mass is 16.5. The van der Waals surface area contributed by atoms with Crippen LogP contribution in [0.25, 0.3) is 0 Å². The average molecular weight is 234 g/mol. The molecule has 7 nitrogen and oxygen atoms in total. The van der Waals surface area contributed by atoms with E-state index in [2.05, 4.69) is 20.6 Å². The molecule has 7 heteroatoms. The Bertz CT molecular complexity index is 470. The Morgan fingerprint density at radius 3 is 3.06 bits per heavy atom. The van der Waals surface area contributed by atoms with Crippen LogP contribution < -0.4 is 15.8 Å². The first-order valence-corrected chi connectivity index (χ1v) is 5.18. The zero-order valence-electron chi connectivity index (χ0n) is 9.50. The lowest BCUT2D eigenvalue weighted by atomic mass is 10.4. The van der Waals surface area contributed by atoms with Crippen LogP contribution in [0.3, 0.4) is 0 Å². The Labute approximate surface area is 98.6 Å². The Morgan fingerprint density at radius 2 is 2.35 bits per heavy atom. The third-order valence-electron chi connectivity index (χ3n) is 2.20. The highest BCUT2D eigenvalue weighted by Gasteiger charge is 2.02. The van der Waals surface area contributed by atoms with Crippen molar-refractivity contribution in [2.24, 2.45) is 0 Å². The third kappa shape index (κ3) is 2.83. The van der Waals surface area contributed by atoms with Gasteiger partial charge in [0, 0.05) is 12.7 Å². The number of ether oxygens (including phenoxy) is 1. The van der Waals surface area contributed by atoms with E-state index in [1.54, 1.807) is 29.2 Å². The van der Waals surface area contributed by atoms with Crippen molar-refractivity contribution >= 4 is 11.5 Å². The molecule has 2 aromatic rings. The number of nitrogens with one attached hydrogen (secondary N) is 1. The van der Waals surface area contributed by atoms with Crippen molar-refractivity contribution in [2.75, 3.05) is 24.7 Å². The second-order valence-corrected chi connectivity index (χ2v) is 3.39. The number of anilines is 2. The van der Waals surface area contributed by atoms with E-state index >= 15 is 0 Å². The van der Waals surface area contributed by atoms with Crippen molar-refractivity contribution in [2.45, 2.75) is 6.54 Å². The highest BCUT2D eigenvalue weighted by Crippen LogP contribution is 2.19. The number of nitrogens with zero attached hydrogens (tertiary/aromatic N) is 4. The van der Waals surface area contributed by atoms with Gasteiger partial charge in [-0.05, 0) is 12.1 Å². The number of pyridine rings is 1. The maximum absolute atomic E-state index is 5.67. The highest BCUT2D eigenvalue weighted by molar-refractivity contribution is 5.53. The van der Waals surface area contributed by atoms with E-state index in [9.17, 15) is 0 Å². The molecule has 17 heavy (non-hydrogen) atoms. The summed E-state index contributed by atoms with van der Waals surface area (Å²) < 4.78 is 6.77. The van der Waals surface area contributed by atoms with Gasteiger partial charge in [0.25, 0.3) is 0 Å². The van der Waals surface area contributed by atoms with Gasteiger partial charge in [-0.3, -0.25) is 4.68 Å². The lowest BCUT2D eigenvalue weighted by Gasteiger charge is -2.08. The molecule has 0 atom stereocenters. The number of hydrogen-bond donors (Lipinski definition) is 2. The summed E-state index contributed by atoms with van der Waals surface area (Å²) in [5.74, 6) is 1.15. The van der Waals surface area contributed by atoms with E-state index in [0.29, 0.717) is 24.7 Å². The van der Waals surface area contributed by atoms with E-state index in [1.807, 2.05) is 0 Å². The first-order chi connectivity index (χ1) is 8.29. The summed E-state index contributed by atoms with van der Waals surface area (Å²) in [6.45, 7) is 1.41. The van der Waals surface area contributed by atoms with Crippen LogP contribution in [0.1, 0.15) is 0 Å². The predicted molar refractivity (Wildman–Crippen MR) is 63.7 cm³/mol. The van der Waals surface area contributed by atoms with E-state index in [1.165, 1.54) is 7.11 Å². The standard InChI is InChI=1S/C10H14N6O/c1-17-10-8(11)2-3-9(14-10)12-4-6-16-7-5-13-15-16/h2-3,5,7H,4,6,11H2,1H3,(H,12,14). The molecule has 0 aliphatic rings. The molecule has 0 bridgehead atoms. The summed E-state index contributed by atoms with van der Waals surface area (Å²) in [7, 11) is 1.54. The molecule has 2 heterocycles. The first-order valence-electron chi connectivity index (χ1n) is 5.18. The summed E-state index contributed by atoms with van der Waals surface area (Å²) >= 11 is 0. The zero-order chi connectivity index (χ0) is 12.1. The van der Waals surface area contributed by atoms with Gasteiger partial charge < -0.3 is 15.8 Å². The quantitative estimate of drug-likeness (QED) is 0.777. The van der Waals surface area contributed by atoms with E-state index in [4.69, 9.17) is 10.5 Å². The molecular formula is C10H14N6O. The van der Waals surface area contributed by atoms with Gasteiger partial charge >= 0.3 is 0 Å². The molecule has 0 fully saturated rings. The van der Waals surface area contributed by atoms with Gasteiger partial charge in [-0.25, -0.2) is 0 Å². The van der Waals surface area contributed by atoms with Gasteiger partial charge in [-0.1, -0.05) is 5.21 Å². The van der Waals surface area contributed by atoms with Gasteiger partial charge in [0.05, 0.1) is 25.5 Å². The normalized spacial score (nSPS) is 10.2. The largest absolute Gasteiger partial charge is 0.479 e. The Kier molecular flexibility index (Phi) is 3.39. The van der Waals surface area contributed by atoms with E-state index < -0.39 is 0 Å². The van der Waals surface area contributed by atoms with Crippen LogP contribution >= 0.6 is 0 Å². The number of nitrogens with two attached hydrogens (primary N) is 1. The molecule has 3 N–H and O–H groups in total. The van der Waals surface area contributed by atoms with Gasteiger partial charge in [-0.15, -0.1) is 5.10 Å². The van der Waals surface area contributed by atoms with Crippen molar-refractivity contribution in [1.82, 2.24) is 20.0 Å². The van der Waals surface area contributed by atoms with Gasteiger partial charge in [0.1, 0.15) is 5.82 Å². The average Bonchev–Trinajstić information content (AvgIpc) is 2.84. The van der Waals surface area contributed by atoms with Crippen LogP contribution in [-0.4, -0.2) is 33.6 Å². The van der Waals surface area contributed by atoms with Crippen LogP contribution in [0, 0.1) is 0 Å². The van der Waals surface area contributed by atoms with Crippen molar-refractivity contribution in [3.8, 4) is 5.88 Å². The minimum Gasteiger partial charge on any atom is -0.479 e. The van der Waals surface area contributed by atoms with Crippen molar-refractivity contribution in [1.29, 1.82) is 0 Å². The molecule has 0 amide bonds. The molecule has 2 rings (SSSR count). The lowest BCUT2D eigenvalue weighted by molar-refractivity contribution is 0.401. The molecule has 0 aromatic carbocycles. The molecule has 0 spiro atoms. The van der Waals surface area contributed by atoms with Crippen molar-refractivity contribution in [3.63, 3.8) is 0 Å². The fourth-order valence-corrected chi connectivity index (χ4v) is 1.36. The molecule has 0 unspecified atom stereocenters. The summed E-state index contributed by atoms with van der Waals surface area (Å²) in [6, 6.07) is 3.56. The Morgan fingerprint density at radius 1 is 1.47 bits per heavy atom. The fourth-order valence-electron chi connectivity index (χ4n) is 1.36. The number of hydrogen-bond acceptors (Lipinski definition) is 6. The SMILES string of the molecule is COc1nc(NCCn2ccnn2)ccc1N. The van der Waals surface area contributed by atoms with Crippen LogP contribution in [0.2, 0.25) is 0 Å². The Balaban J connectivity index is 1.90. The van der Waals surface area contributed by atoms with Crippen molar-refractivity contribution < 1.29 is 4.74 Å². The second kappa shape index (κ2) is 5.15. The third-order valence-corrected chi connectivity index (χ3v) is 2.20. The van der Waals surface area contributed by atoms with Gasteiger partial charge in [0.15, 0.2) is 0 Å². The number of methoxy groups -OCH3 is 1. The summed E-state index contributed by atoms with van der Waals surface area (Å²) in [5, 5.41) is 10.7. The first kappa shape index (κ1) is 11.2. The number of rotatable bonds is 5. The molecule has 0 radical (unpaired) electrons. The van der Waals surface area contributed by atoms with Crippen molar-refractivity contribution in [3.05, 3.63) is 24.5 Å². The summed E-state index contributed by atoms with van der Waals surface area (Å²) in [5.41, 5.74) is 6.19. The maximum Gasteiger partial charge on any atom is 0.238 e. The Hall–Kier alpha value is -2.31. The second-order valence-electron chi connectivity index (χ2n) is 3.39. The molecule has 0 aliphatic carbocycles. The molecular weight excluding hydrogens is 220 g/mol. The topological polar surface area (TPSA) is 90.9 Å². The minimum absolute atomic E-state index is 0.427. The number of aromatic nitrogens is 4. The molecule has 90 valence electrons. The van der Waals surface area contributed by atoms with Crippen LogP contribution in [0.15, 0.2) is 24.5 Å². The van der Waals surface area contributed by atoms with E-state index in [-0.39, 0.29) is 0 Å². The van der Waals surface area contributed by atoms with E-state index in [0.717, 1.165) is 5.82 Å². The van der Waals surface area contributed by atoms with Gasteiger partial charge in [-0.2, -0.15) is 4.98 Å². The number of nitrogen functional groups attached to an aromatic ring is 1. The molecule has 0 aliphatic heterocycles. The minimum atomic E-state index is 0.427. The molecule has 0 saturated carbocycles. The molecule has 2 aromatic heterocycles. The zero-order valence-corrected chi connectivity index (χ0v) is 9.50. The summed E-state index contributed by atoms with van der Waals surface area (Å²) in [6.07, 6.45) is 3.45. The fraction of sp³-hybridized carbons (Fsp3) is 0.300. The predicted octanol–water partition coefficient (Wildman–Crippen LogP) is 0.376.